The van der Waals surface area contributed by atoms with Gasteiger partial charge in [-0.25, -0.2) is 0 Å². The van der Waals surface area contributed by atoms with Crippen molar-refractivity contribution in [1.29, 1.82) is 0 Å². The van der Waals surface area contributed by atoms with Crippen molar-refractivity contribution < 1.29 is 4.74 Å². The van der Waals surface area contributed by atoms with Crippen molar-refractivity contribution in [2.45, 2.75) is 18.9 Å². The summed E-state index contributed by atoms with van der Waals surface area (Å²) >= 11 is 1.82. The third-order valence-electron chi connectivity index (χ3n) is 4.81. The Morgan fingerprint density at radius 2 is 2.16 bits per heavy atom. The summed E-state index contributed by atoms with van der Waals surface area (Å²) in [5.41, 5.74) is 1.27. The van der Waals surface area contributed by atoms with E-state index >= 15 is 0 Å². The van der Waals surface area contributed by atoms with Gasteiger partial charge in [-0.15, -0.1) is 11.8 Å². The van der Waals surface area contributed by atoms with Crippen LogP contribution in [0.5, 0.6) is 0 Å². The monoisotopic (exact) mass is 276 g/mol. The molecule has 3 fully saturated rings. The number of fused-ring (bicyclic) bond motifs is 4. The third kappa shape index (κ3) is 1.84. The second-order valence-corrected chi connectivity index (χ2v) is 6.53. The van der Waals surface area contributed by atoms with E-state index in [4.69, 9.17) is 4.74 Å². The lowest BCUT2D eigenvalue weighted by Crippen LogP contribution is -2.56. The maximum atomic E-state index is 5.82. The first-order valence-electron chi connectivity index (χ1n) is 7.17. The van der Waals surface area contributed by atoms with Gasteiger partial charge in [-0.2, -0.15) is 0 Å². The second kappa shape index (κ2) is 4.60. The van der Waals surface area contributed by atoms with Crippen LogP contribution in [-0.4, -0.2) is 48.3 Å². The summed E-state index contributed by atoms with van der Waals surface area (Å²) in [5, 5.41) is 1.31. The predicted octanol–water partition coefficient (Wildman–Crippen LogP) is 2.40. The standard InChI is InChI=1S/C15H20N2OS/c1-19-15-14-12(5-9-18-14)4-8-17(15)13-10-16-6-2-11(13)3-7-16/h4-5,8,11,13H,2-3,6-7,9-10H2,1H3/t13-/m1/s1. The molecular formula is C15H20N2OS. The van der Waals surface area contributed by atoms with Crippen LogP contribution in [0.3, 0.4) is 0 Å². The molecule has 0 aromatic carbocycles. The zero-order valence-corrected chi connectivity index (χ0v) is 12.2. The van der Waals surface area contributed by atoms with Gasteiger partial charge >= 0.3 is 0 Å². The Balaban J connectivity index is 1.66. The van der Waals surface area contributed by atoms with Gasteiger partial charge in [-0.05, 0) is 50.3 Å². The Bertz CT molecular complexity index is 475. The van der Waals surface area contributed by atoms with Crippen LogP contribution in [0.1, 0.15) is 12.8 Å². The largest absolute Gasteiger partial charge is 0.486 e. The topological polar surface area (TPSA) is 15.7 Å². The van der Waals surface area contributed by atoms with E-state index < -0.39 is 0 Å². The number of hydrogen-bond acceptors (Lipinski definition) is 4. The lowest BCUT2D eigenvalue weighted by molar-refractivity contribution is 0.0384. The maximum absolute atomic E-state index is 5.82. The van der Waals surface area contributed by atoms with E-state index in [-0.39, 0.29) is 0 Å². The van der Waals surface area contributed by atoms with Crippen LogP contribution in [0.4, 0.5) is 0 Å². The summed E-state index contributed by atoms with van der Waals surface area (Å²) in [6.45, 7) is 4.54. The van der Waals surface area contributed by atoms with Crippen LogP contribution < -0.4 is 0 Å². The maximum Gasteiger partial charge on any atom is 0.157 e. The van der Waals surface area contributed by atoms with Gasteiger partial charge in [0.05, 0.1) is 0 Å². The highest BCUT2D eigenvalue weighted by Gasteiger charge is 2.39. The lowest BCUT2D eigenvalue weighted by atomic mass is 9.83. The van der Waals surface area contributed by atoms with E-state index in [1.807, 2.05) is 11.8 Å². The lowest BCUT2D eigenvalue weighted by Gasteiger charge is -2.49. The minimum absolute atomic E-state index is 0.638. The predicted molar refractivity (Wildman–Crippen MR) is 78.5 cm³/mol. The summed E-state index contributed by atoms with van der Waals surface area (Å²) in [4.78, 5) is 5.10. The van der Waals surface area contributed by atoms with Gasteiger partial charge in [0, 0.05) is 24.4 Å². The van der Waals surface area contributed by atoms with Crippen molar-refractivity contribution in [3.05, 3.63) is 34.7 Å². The van der Waals surface area contributed by atoms with Crippen molar-refractivity contribution in [1.82, 2.24) is 9.80 Å². The zero-order chi connectivity index (χ0) is 12.8. The summed E-state index contributed by atoms with van der Waals surface area (Å²) in [6.07, 6.45) is 11.6. The fraction of sp³-hybridized carbons (Fsp3) is 0.600. The fourth-order valence-corrected chi connectivity index (χ4v) is 4.54. The van der Waals surface area contributed by atoms with Gasteiger partial charge in [0.2, 0.25) is 0 Å². The molecule has 5 rings (SSSR count). The molecular weight excluding hydrogens is 256 g/mol. The van der Waals surface area contributed by atoms with Crippen molar-refractivity contribution in [2.75, 3.05) is 32.5 Å². The molecule has 4 heteroatoms. The second-order valence-electron chi connectivity index (χ2n) is 5.74. The number of rotatable bonds is 2. The van der Waals surface area contributed by atoms with Gasteiger partial charge in [0.15, 0.2) is 5.76 Å². The average molecular weight is 276 g/mol. The number of piperidine rings is 3. The van der Waals surface area contributed by atoms with Gasteiger partial charge in [-0.3, -0.25) is 0 Å². The Kier molecular flexibility index (Phi) is 2.88. The van der Waals surface area contributed by atoms with Crippen molar-refractivity contribution in [3.63, 3.8) is 0 Å². The highest BCUT2D eigenvalue weighted by Crippen LogP contribution is 2.40. The molecule has 1 atom stereocenters. The van der Waals surface area contributed by atoms with E-state index in [1.165, 1.54) is 43.1 Å². The third-order valence-corrected chi connectivity index (χ3v) is 5.59. The molecule has 0 spiro atoms. The number of ether oxygens (including phenoxy) is 1. The molecule has 0 N–H and O–H groups in total. The SMILES string of the molecule is CSC1=C2OCC=C2C=CN1[C@@H]1CN2CCC1CC2. The van der Waals surface area contributed by atoms with Gasteiger partial charge in [-0.1, -0.05) is 0 Å². The Morgan fingerprint density at radius 3 is 2.84 bits per heavy atom. The number of thioether (sulfide) groups is 1. The molecule has 5 heterocycles. The van der Waals surface area contributed by atoms with E-state index in [1.54, 1.807) is 0 Å². The van der Waals surface area contributed by atoms with E-state index in [0.717, 1.165) is 18.3 Å². The quantitative estimate of drug-likeness (QED) is 0.769. The van der Waals surface area contributed by atoms with E-state index in [2.05, 4.69) is 34.4 Å². The first-order valence-corrected chi connectivity index (χ1v) is 8.40. The van der Waals surface area contributed by atoms with Crippen molar-refractivity contribution in [3.8, 4) is 0 Å². The zero-order valence-electron chi connectivity index (χ0n) is 11.3. The van der Waals surface area contributed by atoms with Gasteiger partial charge in [0.1, 0.15) is 11.6 Å². The minimum atomic E-state index is 0.638. The van der Waals surface area contributed by atoms with Crippen LogP contribution in [0.25, 0.3) is 0 Å². The number of nitrogens with zero attached hydrogens (tertiary/aromatic N) is 2. The Morgan fingerprint density at radius 1 is 1.32 bits per heavy atom. The molecule has 2 bridgehead atoms. The Labute approximate surface area is 119 Å². The van der Waals surface area contributed by atoms with E-state index in [0.29, 0.717) is 6.04 Å². The van der Waals surface area contributed by atoms with Gasteiger partial charge in [0.25, 0.3) is 0 Å². The molecule has 3 saturated heterocycles. The highest BCUT2D eigenvalue weighted by atomic mass is 32.2. The molecule has 5 aliphatic heterocycles. The van der Waals surface area contributed by atoms with Crippen LogP contribution in [0.15, 0.2) is 34.7 Å². The van der Waals surface area contributed by atoms with Crippen LogP contribution in [0.2, 0.25) is 0 Å². The van der Waals surface area contributed by atoms with Crippen LogP contribution in [0, 0.1) is 5.92 Å². The summed E-state index contributed by atoms with van der Waals surface area (Å²) in [6, 6.07) is 0.638. The van der Waals surface area contributed by atoms with Gasteiger partial charge < -0.3 is 14.5 Å². The summed E-state index contributed by atoms with van der Waals surface area (Å²) in [5.74, 6) is 1.95. The molecule has 5 aliphatic rings. The van der Waals surface area contributed by atoms with Crippen molar-refractivity contribution in [2.24, 2.45) is 5.92 Å². The molecule has 3 nitrogen and oxygen atoms in total. The normalized spacial score (nSPS) is 36.4. The molecule has 0 radical (unpaired) electrons. The molecule has 0 saturated carbocycles. The first kappa shape index (κ1) is 11.9. The van der Waals surface area contributed by atoms with E-state index in [9.17, 15) is 0 Å². The molecule has 0 aliphatic carbocycles. The minimum Gasteiger partial charge on any atom is -0.486 e. The molecule has 0 aromatic rings. The Hall–Kier alpha value is -0.870. The molecule has 0 amide bonds. The molecule has 19 heavy (non-hydrogen) atoms. The fourth-order valence-electron chi connectivity index (χ4n) is 3.77. The smallest absolute Gasteiger partial charge is 0.157 e. The van der Waals surface area contributed by atoms with Crippen LogP contribution in [-0.2, 0) is 4.74 Å². The molecule has 0 aromatic heterocycles. The van der Waals surface area contributed by atoms with Crippen LogP contribution >= 0.6 is 11.8 Å². The molecule has 102 valence electrons. The van der Waals surface area contributed by atoms with Crippen molar-refractivity contribution >= 4 is 11.8 Å². The summed E-state index contributed by atoms with van der Waals surface area (Å²) < 4.78 is 5.82. The number of hydrogen-bond donors (Lipinski definition) is 0. The summed E-state index contributed by atoms with van der Waals surface area (Å²) in [7, 11) is 0. The first-order chi connectivity index (χ1) is 9.36. The average Bonchev–Trinajstić information content (AvgIpc) is 2.95. The molecule has 0 unspecified atom stereocenters. The number of allylic oxidation sites excluding steroid dienone is 1. The highest BCUT2D eigenvalue weighted by molar-refractivity contribution is 8.02.